The molecule has 1 aromatic rings. The van der Waals surface area contributed by atoms with Crippen molar-refractivity contribution in [1.29, 1.82) is 0 Å². The Morgan fingerprint density at radius 3 is 2.43 bits per heavy atom. The van der Waals surface area contributed by atoms with E-state index in [9.17, 15) is 5.11 Å². The van der Waals surface area contributed by atoms with Crippen molar-refractivity contribution in [1.82, 2.24) is 10.2 Å². The molecule has 1 aliphatic carbocycles. The molecule has 0 atom stereocenters. The van der Waals surface area contributed by atoms with Crippen LogP contribution in [0.5, 0.6) is 0 Å². The first-order valence-corrected chi connectivity index (χ1v) is 9.48. The van der Waals surface area contributed by atoms with Gasteiger partial charge in [0.05, 0.1) is 5.60 Å². The molecule has 1 heterocycles. The van der Waals surface area contributed by atoms with Crippen molar-refractivity contribution >= 4 is 11.6 Å². The molecule has 23 heavy (non-hydrogen) atoms. The Balaban J connectivity index is 1.38. The monoisotopic (exact) mass is 336 g/mol. The summed E-state index contributed by atoms with van der Waals surface area (Å²) in [5.74, 6) is 0. The van der Waals surface area contributed by atoms with Crippen molar-refractivity contribution < 1.29 is 5.11 Å². The van der Waals surface area contributed by atoms with Crippen LogP contribution in [0.1, 0.15) is 50.5 Å². The molecule has 4 heteroatoms. The maximum Gasteiger partial charge on any atom is 0.0920 e. The van der Waals surface area contributed by atoms with Gasteiger partial charge in [-0.3, -0.25) is 0 Å². The zero-order valence-corrected chi connectivity index (χ0v) is 14.7. The zero-order chi connectivity index (χ0) is 16.1. The van der Waals surface area contributed by atoms with Crippen LogP contribution < -0.4 is 5.32 Å². The number of aliphatic hydroxyl groups is 1. The van der Waals surface area contributed by atoms with Crippen molar-refractivity contribution in [3.63, 3.8) is 0 Å². The molecule has 1 saturated carbocycles. The number of likely N-dealkylation sites (tertiary alicyclic amines) is 1. The maximum absolute atomic E-state index is 10.9. The zero-order valence-electron chi connectivity index (χ0n) is 13.9. The van der Waals surface area contributed by atoms with E-state index in [0.717, 1.165) is 55.6 Å². The summed E-state index contributed by atoms with van der Waals surface area (Å²) >= 11 is 5.94. The third-order valence-electron chi connectivity index (χ3n) is 5.50. The first-order chi connectivity index (χ1) is 11.2. The molecule has 2 fully saturated rings. The third kappa shape index (κ3) is 4.69. The summed E-state index contributed by atoms with van der Waals surface area (Å²) in [7, 11) is 0. The highest BCUT2D eigenvalue weighted by Crippen LogP contribution is 2.33. The molecule has 0 unspecified atom stereocenters. The normalized spacial score (nSPS) is 22.5. The molecule has 0 bridgehead atoms. The first kappa shape index (κ1) is 17.2. The van der Waals surface area contributed by atoms with Crippen LogP contribution in [0, 0.1) is 0 Å². The van der Waals surface area contributed by atoms with Gasteiger partial charge in [-0.2, -0.15) is 0 Å². The van der Waals surface area contributed by atoms with E-state index in [1.165, 1.54) is 32.1 Å². The van der Waals surface area contributed by atoms with Gasteiger partial charge in [-0.05, 0) is 62.9 Å². The molecule has 3 rings (SSSR count). The standard InChI is InChI=1S/C19H29ClN2O/c20-17-8-6-16(7-9-17)19(23)10-14-22(15-11-19)13-3-12-21-18-4-1-2-5-18/h6-9,18,21,23H,1-5,10-15H2. The second-order valence-electron chi connectivity index (χ2n) is 7.17. The predicted octanol–water partition coefficient (Wildman–Crippen LogP) is 3.55. The lowest BCUT2D eigenvalue weighted by Crippen LogP contribution is -2.43. The number of hydrogen-bond donors (Lipinski definition) is 2. The second kappa shape index (κ2) is 7.98. The van der Waals surface area contributed by atoms with Crippen LogP contribution in [0.3, 0.4) is 0 Å². The van der Waals surface area contributed by atoms with E-state index in [0.29, 0.717) is 0 Å². The van der Waals surface area contributed by atoms with E-state index in [4.69, 9.17) is 11.6 Å². The Morgan fingerprint density at radius 2 is 1.78 bits per heavy atom. The van der Waals surface area contributed by atoms with Gasteiger partial charge in [0.1, 0.15) is 0 Å². The van der Waals surface area contributed by atoms with Gasteiger partial charge in [-0.25, -0.2) is 0 Å². The molecule has 1 saturated heterocycles. The maximum atomic E-state index is 10.9. The van der Waals surface area contributed by atoms with E-state index in [-0.39, 0.29) is 0 Å². The summed E-state index contributed by atoms with van der Waals surface area (Å²) < 4.78 is 0. The van der Waals surface area contributed by atoms with Gasteiger partial charge >= 0.3 is 0 Å². The van der Waals surface area contributed by atoms with Crippen LogP contribution in [-0.2, 0) is 5.60 Å². The Bertz CT molecular complexity index is 477. The van der Waals surface area contributed by atoms with Gasteiger partial charge in [-0.15, -0.1) is 0 Å². The lowest BCUT2D eigenvalue weighted by atomic mass is 9.84. The van der Waals surface area contributed by atoms with Gasteiger partial charge in [0, 0.05) is 24.2 Å². The lowest BCUT2D eigenvalue weighted by Gasteiger charge is -2.38. The molecule has 2 aliphatic rings. The van der Waals surface area contributed by atoms with Gasteiger partial charge in [-0.1, -0.05) is 36.6 Å². The molecule has 0 radical (unpaired) electrons. The summed E-state index contributed by atoms with van der Waals surface area (Å²) in [5.41, 5.74) is 0.327. The molecular weight excluding hydrogens is 308 g/mol. The fourth-order valence-corrected chi connectivity index (χ4v) is 4.06. The fraction of sp³-hybridized carbons (Fsp3) is 0.684. The minimum absolute atomic E-state index is 0.677. The first-order valence-electron chi connectivity index (χ1n) is 9.10. The van der Waals surface area contributed by atoms with Crippen molar-refractivity contribution in [3.05, 3.63) is 34.9 Å². The van der Waals surface area contributed by atoms with E-state index in [2.05, 4.69) is 10.2 Å². The molecule has 0 aromatic heterocycles. The summed E-state index contributed by atoms with van der Waals surface area (Å²) in [5, 5.41) is 15.3. The summed E-state index contributed by atoms with van der Waals surface area (Å²) in [6.45, 7) is 4.21. The summed E-state index contributed by atoms with van der Waals surface area (Å²) in [4.78, 5) is 2.49. The molecule has 0 amide bonds. The van der Waals surface area contributed by atoms with Crippen molar-refractivity contribution in [2.45, 2.75) is 56.6 Å². The Labute approximate surface area is 145 Å². The molecule has 0 spiro atoms. The van der Waals surface area contributed by atoms with E-state index in [1.807, 2.05) is 24.3 Å². The highest BCUT2D eigenvalue weighted by molar-refractivity contribution is 6.30. The van der Waals surface area contributed by atoms with Crippen LogP contribution >= 0.6 is 11.6 Å². The quantitative estimate of drug-likeness (QED) is 0.780. The topological polar surface area (TPSA) is 35.5 Å². The smallest absolute Gasteiger partial charge is 0.0920 e. The highest BCUT2D eigenvalue weighted by atomic mass is 35.5. The van der Waals surface area contributed by atoms with Crippen LogP contribution in [0.4, 0.5) is 0 Å². The average Bonchev–Trinajstić information content (AvgIpc) is 3.07. The van der Waals surface area contributed by atoms with Gasteiger partial charge in [0.2, 0.25) is 0 Å². The fourth-order valence-electron chi connectivity index (χ4n) is 3.93. The molecule has 128 valence electrons. The molecular formula is C19H29ClN2O. The van der Waals surface area contributed by atoms with Gasteiger partial charge in [0.25, 0.3) is 0 Å². The minimum Gasteiger partial charge on any atom is -0.385 e. The number of benzene rings is 1. The minimum atomic E-state index is -0.677. The van der Waals surface area contributed by atoms with E-state index >= 15 is 0 Å². The predicted molar refractivity (Wildman–Crippen MR) is 95.9 cm³/mol. The summed E-state index contributed by atoms with van der Waals surface area (Å²) in [6.07, 6.45) is 8.33. The van der Waals surface area contributed by atoms with Crippen LogP contribution in [0.2, 0.25) is 5.02 Å². The molecule has 3 nitrogen and oxygen atoms in total. The number of nitrogens with zero attached hydrogens (tertiary/aromatic N) is 1. The highest BCUT2D eigenvalue weighted by Gasteiger charge is 2.33. The van der Waals surface area contributed by atoms with Crippen molar-refractivity contribution in [3.8, 4) is 0 Å². The number of piperidine rings is 1. The van der Waals surface area contributed by atoms with E-state index < -0.39 is 5.60 Å². The number of halogens is 1. The van der Waals surface area contributed by atoms with Gasteiger partial charge < -0.3 is 15.3 Å². The molecule has 1 aliphatic heterocycles. The molecule has 2 N–H and O–H groups in total. The van der Waals surface area contributed by atoms with Crippen LogP contribution in [0.25, 0.3) is 0 Å². The number of hydrogen-bond acceptors (Lipinski definition) is 3. The van der Waals surface area contributed by atoms with Crippen molar-refractivity contribution in [2.24, 2.45) is 0 Å². The Hall–Kier alpha value is -0.610. The SMILES string of the molecule is OC1(c2ccc(Cl)cc2)CCN(CCCNC2CCCC2)CC1. The van der Waals surface area contributed by atoms with Crippen LogP contribution in [-0.4, -0.2) is 42.2 Å². The number of nitrogens with one attached hydrogen (secondary N) is 1. The Morgan fingerprint density at radius 1 is 1.13 bits per heavy atom. The third-order valence-corrected chi connectivity index (χ3v) is 5.76. The lowest BCUT2D eigenvalue weighted by molar-refractivity contribution is -0.0259. The number of rotatable bonds is 6. The Kier molecular flexibility index (Phi) is 5.97. The largest absolute Gasteiger partial charge is 0.385 e. The van der Waals surface area contributed by atoms with Gasteiger partial charge in [0.15, 0.2) is 0 Å². The van der Waals surface area contributed by atoms with Crippen molar-refractivity contribution in [2.75, 3.05) is 26.2 Å². The van der Waals surface area contributed by atoms with Crippen LogP contribution in [0.15, 0.2) is 24.3 Å². The summed E-state index contributed by atoms with van der Waals surface area (Å²) in [6, 6.07) is 8.44. The average molecular weight is 337 g/mol. The van der Waals surface area contributed by atoms with E-state index in [1.54, 1.807) is 0 Å². The second-order valence-corrected chi connectivity index (χ2v) is 7.61. The molecule has 1 aromatic carbocycles.